The first-order valence-corrected chi connectivity index (χ1v) is 10.0. The highest BCUT2D eigenvalue weighted by Crippen LogP contribution is 2.21. The molecular formula is C19H25BrN4O5. The van der Waals surface area contributed by atoms with E-state index in [2.05, 4.69) is 36.6 Å². The number of hydrogen-bond acceptors (Lipinski definition) is 5. The van der Waals surface area contributed by atoms with Crippen LogP contribution in [0.4, 0.5) is 15.3 Å². The summed E-state index contributed by atoms with van der Waals surface area (Å²) in [7, 11) is 1.22. The summed E-state index contributed by atoms with van der Waals surface area (Å²) in [5.41, 5.74) is 0.528. The summed E-state index contributed by atoms with van der Waals surface area (Å²) in [6, 6.07) is 4.61. The summed E-state index contributed by atoms with van der Waals surface area (Å²) in [5.74, 6) is -1.14. The number of urea groups is 1. The average Bonchev–Trinajstić information content (AvgIpc) is 3.16. The predicted molar refractivity (Wildman–Crippen MR) is 110 cm³/mol. The molecule has 158 valence electrons. The Bertz CT molecular complexity index is 768. The molecule has 1 aromatic rings. The van der Waals surface area contributed by atoms with Gasteiger partial charge < -0.3 is 20.3 Å². The van der Waals surface area contributed by atoms with Crippen LogP contribution in [0.3, 0.4) is 0 Å². The zero-order valence-corrected chi connectivity index (χ0v) is 18.1. The van der Waals surface area contributed by atoms with Crippen molar-refractivity contribution < 1.29 is 23.9 Å². The Kier molecular flexibility index (Phi) is 8.00. The highest BCUT2D eigenvalue weighted by Gasteiger charge is 2.39. The van der Waals surface area contributed by atoms with Crippen molar-refractivity contribution in [3.63, 3.8) is 0 Å². The third-order valence-electron chi connectivity index (χ3n) is 4.57. The van der Waals surface area contributed by atoms with Crippen molar-refractivity contribution in [1.82, 2.24) is 15.5 Å². The maximum atomic E-state index is 12.9. The van der Waals surface area contributed by atoms with Gasteiger partial charge in [0.25, 0.3) is 5.91 Å². The maximum absolute atomic E-state index is 12.9. The van der Waals surface area contributed by atoms with Gasteiger partial charge in [-0.25, -0.2) is 9.59 Å². The van der Waals surface area contributed by atoms with Gasteiger partial charge >= 0.3 is 12.1 Å². The Morgan fingerprint density at radius 2 is 1.83 bits per heavy atom. The topological polar surface area (TPSA) is 117 Å². The quantitative estimate of drug-likeness (QED) is 0.613. The summed E-state index contributed by atoms with van der Waals surface area (Å²) < 4.78 is 5.44. The maximum Gasteiger partial charge on any atom is 0.407 e. The van der Waals surface area contributed by atoms with E-state index >= 15 is 0 Å². The second-order valence-electron chi connectivity index (χ2n) is 7.00. The van der Waals surface area contributed by atoms with Crippen LogP contribution in [0.5, 0.6) is 0 Å². The summed E-state index contributed by atoms with van der Waals surface area (Å²) in [6.07, 6.45) is 0.346. The van der Waals surface area contributed by atoms with Gasteiger partial charge in [-0.15, -0.1) is 0 Å². The second kappa shape index (κ2) is 10.2. The number of carbonyl (C=O) groups excluding carboxylic acids is 4. The molecule has 1 aromatic carbocycles. The monoisotopic (exact) mass is 468 g/mol. The van der Waals surface area contributed by atoms with Gasteiger partial charge in [-0.1, -0.05) is 29.8 Å². The minimum Gasteiger partial charge on any atom is -0.453 e. The molecule has 10 heteroatoms. The van der Waals surface area contributed by atoms with Crippen molar-refractivity contribution in [3.05, 3.63) is 28.7 Å². The van der Waals surface area contributed by atoms with E-state index in [-0.39, 0.29) is 11.8 Å². The third kappa shape index (κ3) is 6.18. The highest BCUT2D eigenvalue weighted by molar-refractivity contribution is 9.10. The summed E-state index contributed by atoms with van der Waals surface area (Å²) in [5, 5.41) is 7.37. The van der Waals surface area contributed by atoms with Gasteiger partial charge in [0.1, 0.15) is 12.1 Å². The van der Waals surface area contributed by atoms with Gasteiger partial charge in [0.15, 0.2) is 0 Å². The van der Waals surface area contributed by atoms with Gasteiger partial charge in [-0.3, -0.25) is 14.9 Å². The molecule has 0 unspecified atom stereocenters. The average molecular weight is 469 g/mol. The lowest BCUT2D eigenvalue weighted by Gasteiger charge is -2.30. The van der Waals surface area contributed by atoms with Crippen LogP contribution in [-0.2, 0) is 14.3 Å². The van der Waals surface area contributed by atoms with Crippen LogP contribution in [0, 0.1) is 5.92 Å². The lowest BCUT2D eigenvalue weighted by molar-refractivity contribution is -0.140. The van der Waals surface area contributed by atoms with Crippen LogP contribution >= 0.6 is 15.9 Å². The van der Waals surface area contributed by atoms with Gasteiger partial charge in [-0.2, -0.15) is 0 Å². The lowest BCUT2D eigenvalue weighted by atomic mass is 10.0. The zero-order chi connectivity index (χ0) is 21.6. The normalized spacial score (nSPS) is 16.9. The first kappa shape index (κ1) is 22.7. The molecule has 1 aliphatic heterocycles. The Labute approximate surface area is 177 Å². The van der Waals surface area contributed by atoms with E-state index in [0.717, 1.165) is 4.47 Å². The Hall–Kier alpha value is -2.62. The SMILES string of the molecule is COC(=O)N[C@H](C(=O)N1CCC[C@H]1C(=O)NC(=O)Nc1ccc(Br)cc1)C(C)C. The number of imide groups is 1. The largest absolute Gasteiger partial charge is 0.453 e. The molecule has 0 radical (unpaired) electrons. The number of carbonyl (C=O) groups is 4. The molecule has 2 atom stereocenters. The molecule has 0 aromatic heterocycles. The van der Waals surface area contributed by atoms with Gasteiger partial charge in [-0.05, 0) is 43.0 Å². The van der Waals surface area contributed by atoms with Crippen molar-refractivity contribution in [1.29, 1.82) is 0 Å². The van der Waals surface area contributed by atoms with Crippen molar-refractivity contribution in [2.75, 3.05) is 19.0 Å². The summed E-state index contributed by atoms with van der Waals surface area (Å²) >= 11 is 3.30. The van der Waals surface area contributed by atoms with E-state index in [9.17, 15) is 19.2 Å². The van der Waals surface area contributed by atoms with Crippen LogP contribution in [-0.4, -0.2) is 54.6 Å². The molecule has 0 spiro atoms. The van der Waals surface area contributed by atoms with E-state index in [4.69, 9.17) is 0 Å². The molecule has 2 rings (SSSR count). The number of benzene rings is 1. The molecule has 1 saturated heterocycles. The molecular weight excluding hydrogens is 444 g/mol. The highest BCUT2D eigenvalue weighted by atomic mass is 79.9. The number of methoxy groups -OCH3 is 1. The van der Waals surface area contributed by atoms with E-state index in [0.29, 0.717) is 25.1 Å². The molecule has 1 fully saturated rings. The summed E-state index contributed by atoms with van der Waals surface area (Å²) in [6.45, 7) is 3.95. The first-order chi connectivity index (χ1) is 13.7. The minimum atomic E-state index is -0.826. The molecule has 0 aliphatic carbocycles. The van der Waals surface area contributed by atoms with E-state index in [1.54, 1.807) is 38.1 Å². The predicted octanol–water partition coefficient (Wildman–Crippen LogP) is 2.47. The fourth-order valence-corrected chi connectivity index (χ4v) is 3.34. The van der Waals surface area contributed by atoms with Gasteiger partial charge in [0.05, 0.1) is 7.11 Å². The standard InChI is InChI=1S/C19H25BrN4O5/c1-11(2)15(22-19(28)29-3)17(26)24-10-4-5-14(24)16(25)23-18(27)21-13-8-6-12(20)7-9-13/h6-9,11,14-15H,4-5,10H2,1-3H3,(H,22,28)(H2,21,23,25,27)/t14-,15-/m0/s1. The molecule has 9 nitrogen and oxygen atoms in total. The fourth-order valence-electron chi connectivity index (χ4n) is 3.07. The molecule has 1 aliphatic rings. The first-order valence-electron chi connectivity index (χ1n) is 9.25. The number of ether oxygens (including phenoxy) is 1. The minimum absolute atomic E-state index is 0.202. The van der Waals surface area contributed by atoms with Crippen LogP contribution in [0.15, 0.2) is 28.7 Å². The van der Waals surface area contributed by atoms with Crippen LogP contribution in [0.25, 0.3) is 0 Å². The van der Waals surface area contributed by atoms with Crippen molar-refractivity contribution >= 4 is 45.6 Å². The second-order valence-corrected chi connectivity index (χ2v) is 7.91. The zero-order valence-electron chi connectivity index (χ0n) is 16.5. The molecule has 5 amide bonds. The Morgan fingerprint density at radius 1 is 1.17 bits per heavy atom. The van der Waals surface area contributed by atoms with Crippen molar-refractivity contribution in [2.24, 2.45) is 5.92 Å². The number of halogens is 1. The number of nitrogens with zero attached hydrogens (tertiary/aromatic N) is 1. The third-order valence-corrected chi connectivity index (χ3v) is 5.10. The molecule has 0 bridgehead atoms. The summed E-state index contributed by atoms with van der Waals surface area (Å²) in [4.78, 5) is 50.6. The van der Waals surface area contributed by atoms with E-state index < -0.39 is 30.1 Å². The number of anilines is 1. The van der Waals surface area contributed by atoms with Gasteiger partial charge in [0, 0.05) is 16.7 Å². The molecule has 3 N–H and O–H groups in total. The smallest absolute Gasteiger partial charge is 0.407 e. The molecule has 29 heavy (non-hydrogen) atoms. The van der Waals surface area contributed by atoms with Crippen LogP contribution in [0.2, 0.25) is 0 Å². The Balaban J connectivity index is 2.01. The number of hydrogen-bond donors (Lipinski definition) is 3. The number of amides is 5. The van der Waals surface area contributed by atoms with E-state index in [1.165, 1.54) is 12.0 Å². The number of likely N-dealkylation sites (tertiary alicyclic amines) is 1. The van der Waals surface area contributed by atoms with Crippen LogP contribution in [0.1, 0.15) is 26.7 Å². The lowest BCUT2D eigenvalue weighted by Crippen LogP contribution is -2.55. The van der Waals surface area contributed by atoms with Crippen LogP contribution < -0.4 is 16.0 Å². The number of rotatable bonds is 5. The van der Waals surface area contributed by atoms with Gasteiger partial charge in [0.2, 0.25) is 5.91 Å². The Morgan fingerprint density at radius 3 is 2.41 bits per heavy atom. The van der Waals surface area contributed by atoms with E-state index in [1.807, 2.05) is 0 Å². The van der Waals surface area contributed by atoms with Crippen molar-refractivity contribution in [2.45, 2.75) is 38.8 Å². The number of alkyl carbamates (subject to hydrolysis) is 1. The van der Waals surface area contributed by atoms with Crippen molar-refractivity contribution in [3.8, 4) is 0 Å². The number of nitrogens with one attached hydrogen (secondary N) is 3. The molecule has 0 saturated carbocycles. The molecule has 1 heterocycles. The fraction of sp³-hybridized carbons (Fsp3) is 0.474.